The monoisotopic (exact) mass is 468 g/mol. The lowest BCUT2D eigenvalue weighted by Crippen LogP contribution is -2.43. The van der Waals surface area contributed by atoms with E-state index in [4.69, 9.17) is 4.74 Å². The molecule has 0 aliphatic carbocycles. The minimum atomic E-state index is -1.51. The fraction of sp³-hybridized carbons (Fsp3) is 0.929. The van der Waals surface area contributed by atoms with Crippen molar-refractivity contribution in [2.45, 2.75) is 149 Å². The lowest BCUT2D eigenvalue weighted by molar-refractivity contribution is 0.0920. The van der Waals surface area contributed by atoms with E-state index in [0.29, 0.717) is 6.10 Å². The molecule has 0 atom stereocenters. The molecule has 0 saturated carbocycles. The lowest BCUT2D eigenvalue weighted by atomic mass is 10.1. The summed E-state index contributed by atoms with van der Waals surface area (Å²) in [5.41, 5.74) is 6.13. The Morgan fingerprint density at radius 2 is 1.06 bits per heavy atom. The summed E-state index contributed by atoms with van der Waals surface area (Å²) in [4.78, 5) is 0. The minimum Gasteiger partial charge on any atom is -0.378 e. The molecule has 0 spiro atoms. The number of thioether (sulfide) groups is 1. The normalized spacial score (nSPS) is 12.3. The molecule has 0 aromatic rings. The quantitative estimate of drug-likeness (QED) is 0.106. The Morgan fingerprint density at radius 1 is 0.613 bits per heavy atom. The highest BCUT2D eigenvalue weighted by Crippen LogP contribution is 2.40. The van der Waals surface area contributed by atoms with E-state index in [2.05, 4.69) is 78.6 Å². The predicted molar refractivity (Wildman–Crippen MR) is 148 cm³/mol. The zero-order valence-corrected chi connectivity index (χ0v) is 24.3. The second-order valence-electron chi connectivity index (χ2n) is 10.5. The second-order valence-corrected chi connectivity index (χ2v) is 17.3. The van der Waals surface area contributed by atoms with Crippen LogP contribution >= 0.6 is 11.8 Å². The molecule has 0 heterocycles. The molecule has 0 unspecified atom stereocenters. The first kappa shape index (κ1) is 31.1. The van der Waals surface area contributed by atoms with Crippen molar-refractivity contribution in [2.24, 2.45) is 0 Å². The number of hydrogen-bond acceptors (Lipinski definition) is 2. The molecule has 1 nitrogen and oxygen atoms in total. The molecule has 31 heavy (non-hydrogen) atoms. The number of rotatable bonds is 19. The maximum Gasteiger partial charge on any atom is 0.145 e. The number of unbranched alkanes of at least 4 members (excludes halogenated alkanes) is 10. The van der Waals surface area contributed by atoms with Gasteiger partial charge < -0.3 is 4.74 Å². The van der Waals surface area contributed by atoms with Crippen molar-refractivity contribution in [1.82, 2.24) is 0 Å². The summed E-state index contributed by atoms with van der Waals surface area (Å²) >= 11 is 2.05. The van der Waals surface area contributed by atoms with Crippen LogP contribution in [0, 0.1) is 11.5 Å². The Bertz CT molecular complexity index is 440. The van der Waals surface area contributed by atoms with Crippen LogP contribution in [0.1, 0.15) is 126 Å². The van der Waals surface area contributed by atoms with E-state index in [1.807, 2.05) is 0 Å². The Morgan fingerprint density at radius 3 is 1.52 bits per heavy atom. The van der Waals surface area contributed by atoms with E-state index in [1.54, 1.807) is 0 Å². The standard InChI is InChI=1S/C28H56OSSi/c1-25(2)29-21-23-30-22-19-17-15-13-11-9-10-12-14-16-18-20-24-31(26(3)4,27(5)6)28(7)8/h25-28H,9-19,21-23H2,1-8H3. The van der Waals surface area contributed by atoms with E-state index in [9.17, 15) is 0 Å². The summed E-state index contributed by atoms with van der Waals surface area (Å²) in [6.45, 7) is 19.6. The molecular formula is C28H56OSSi. The summed E-state index contributed by atoms with van der Waals surface area (Å²) in [5, 5.41) is 0. The molecule has 0 aromatic heterocycles. The molecule has 0 radical (unpaired) electrons. The number of ether oxygens (including phenoxy) is 1. The van der Waals surface area contributed by atoms with Gasteiger partial charge in [0.05, 0.1) is 12.7 Å². The van der Waals surface area contributed by atoms with Crippen LogP contribution < -0.4 is 0 Å². The third kappa shape index (κ3) is 14.8. The summed E-state index contributed by atoms with van der Waals surface area (Å²) in [6, 6.07) is 0. The van der Waals surface area contributed by atoms with E-state index in [1.165, 1.54) is 70.0 Å². The van der Waals surface area contributed by atoms with Gasteiger partial charge in [0.15, 0.2) is 0 Å². The van der Waals surface area contributed by atoms with Crippen molar-refractivity contribution in [1.29, 1.82) is 0 Å². The Kier molecular flexibility index (Phi) is 19.6. The van der Waals surface area contributed by atoms with Crippen molar-refractivity contribution < 1.29 is 4.74 Å². The van der Waals surface area contributed by atoms with Crippen molar-refractivity contribution in [3.05, 3.63) is 0 Å². The van der Waals surface area contributed by atoms with Crippen LogP contribution in [0.15, 0.2) is 0 Å². The van der Waals surface area contributed by atoms with Crippen LogP contribution in [0.4, 0.5) is 0 Å². The fourth-order valence-corrected chi connectivity index (χ4v) is 11.0. The van der Waals surface area contributed by atoms with E-state index < -0.39 is 8.07 Å². The van der Waals surface area contributed by atoms with Crippen molar-refractivity contribution in [3.63, 3.8) is 0 Å². The third-order valence-corrected chi connectivity index (χ3v) is 14.1. The zero-order valence-electron chi connectivity index (χ0n) is 22.5. The van der Waals surface area contributed by atoms with Crippen LogP contribution in [0.3, 0.4) is 0 Å². The molecule has 0 N–H and O–H groups in total. The van der Waals surface area contributed by atoms with Gasteiger partial charge in [0, 0.05) is 12.2 Å². The minimum absolute atomic E-state index is 0.375. The Balaban J connectivity index is 3.60. The number of hydrogen-bond donors (Lipinski definition) is 0. The van der Waals surface area contributed by atoms with Crippen LogP contribution in [0.2, 0.25) is 16.6 Å². The second kappa shape index (κ2) is 19.5. The van der Waals surface area contributed by atoms with Gasteiger partial charge in [-0.2, -0.15) is 11.8 Å². The summed E-state index contributed by atoms with van der Waals surface area (Å²) in [7, 11) is -1.51. The molecule has 184 valence electrons. The Hall–Kier alpha value is 0.0869. The third-order valence-electron chi connectivity index (χ3n) is 6.69. The first-order valence-corrected chi connectivity index (χ1v) is 16.8. The van der Waals surface area contributed by atoms with Crippen LogP contribution in [0.5, 0.6) is 0 Å². The molecule has 0 aromatic carbocycles. The fourth-order valence-electron chi connectivity index (χ4n) is 4.93. The first-order valence-electron chi connectivity index (χ1n) is 13.4. The topological polar surface area (TPSA) is 9.23 Å². The van der Waals surface area contributed by atoms with Crippen molar-refractivity contribution in [2.75, 3.05) is 18.1 Å². The van der Waals surface area contributed by atoms with Crippen LogP contribution in [-0.2, 0) is 4.74 Å². The predicted octanol–water partition coefficient (Wildman–Crippen LogP) is 9.66. The molecule has 0 fully saturated rings. The highest BCUT2D eigenvalue weighted by molar-refractivity contribution is 7.99. The first-order chi connectivity index (χ1) is 14.7. The van der Waals surface area contributed by atoms with Crippen molar-refractivity contribution in [3.8, 4) is 11.5 Å². The summed E-state index contributed by atoms with van der Waals surface area (Å²) in [6.07, 6.45) is 15.5. The maximum atomic E-state index is 5.57. The molecular weight excluding hydrogens is 412 g/mol. The highest BCUT2D eigenvalue weighted by atomic mass is 32.2. The highest BCUT2D eigenvalue weighted by Gasteiger charge is 2.41. The Labute approximate surface area is 202 Å². The van der Waals surface area contributed by atoms with Gasteiger partial charge >= 0.3 is 0 Å². The molecule has 0 saturated heterocycles. The summed E-state index contributed by atoms with van der Waals surface area (Å²) < 4.78 is 5.57. The molecule has 0 rings (SSSR count). The van der Waals surface area contributed by atoms with Gasteiger partial charge in [-0.1, -0.05) is 92.9 Å². The largest absolute Gasteiger partial charge is 0.378 e. The molecule has 0 aliphatic heterocycles. The molecule has 0 aliphatic rings. The van der Waals surface area contributed by atoms with Crippen LogP contribution in [0.25, 0.3) is 0 Å². The zero-order chi connectivity index (χ0) is 23.5. The van der Waals surface area contributed by atoms with Gasteiger partial charge in [-0.3, -0.25) is 0 Å². The van der Waals surface area contributed by atoms with E-state index in [0.717, 1.165) is 35.4 Å². The molecule has 0 amide bonds. The molecule has 0 bridgehead atoms. The van der Waals surface area contributed by atoms with Gasteiger partial charge in [-0.05, 0) is 49.1 Å². The maximum absolute atomic E-state index is 5.57. The summed E-state index contributed by atoms with van der Waals surface area (Å²) in [5.74, 6) is 6.08. The average molecular weight is 469 g/mol. The van der Waals surface area contributed by atoms with Crippen molar-refractivity contribution >= 4 is 19.8 Å². The SMILES string of the molecule is CC(C)OCCSCCCCCCCCCCCCC#C[Si](C(C)C)(C(C)C)C(C)C. The molecule has 3 heteroatoms. The van der Waals surface area contributed by atoms with Gasteiger partial charge in [0.1, 0.15) is 8.07 Å². The van der Waals surface area contributed by atoms with E-state index >= 15 is 0 Å². The average Bonchev–Trinajstić information content (AvgIpc) is 2.68. The van der Waals surface area contributed by atoms with Gasteiger partial charge in [-0.25, -0.2) is 0 Å². The van der Waals surface area contributed by atoms with Gasteiger partial charge in [0.2, 0.25) is 0 Å². The van der Waals surface area contributed by atoms with Gasteiger partial charge in [0.25, 0.3) is 0 Å². The van der Waals surface area contributed by atoms with Crippen LogP contribution in [-0.4, -0.2) is 32.3 Å². The van der Waals surface area contributed by atoms with E-state index in [-0.39, 0.29) is 0 Å². The smallest absolute Gasteiger partial charge is 0.145 e. The lowest BCUT2D eigenvalue weighted by Gasteiger charge is -2.38. The van der Waals surface area contributed by atoms with Gasteiger partial charge in [-0.15, -0.1) is 11.5 Å².